The van der Waals surface area contributed by atoms with Crippen LogP contribution in [0.2, 0.25) is 0 Å². The van der Waals surface area contributed by atoms with Crippen molar-refractivity contribution < 1.29 is 14.2 Å². The molecule has 0 spiro atoms. The van der Waals surface area contributed by atoms with Crippen molar-refractivity contribution in [3.63, 3.8) is 0 Å². The molecule has 1 unspecified atom stereocenters. The Balaban J connectivity index is 2.04. The molecule has 0 heterocycles. The third-order valence-electron chi connectivity index (χ3n) is 5.05. The lowest BCUT2D eigenvalue weighted by molar-refractivity contribution is 0.303. The number of nitrogens with zero attached hydrogens (tertiary/aromatic N) is 2. The van der Waals surface area contributed by atoms with Gasteiger partial charge in [-0.3, -0.25) is 4.99 Å². The molecule has 2 N–H and O–H groups in total. The normalized spacial score (nSPS) is 12.4. The Morgan fingerprint density at radius 2 is 1.65 bits per heavy atom. The van der Waals surface area contributed by atoms with Crippen LogP contribution in [0, 0.1) is 0 Å². The maximum absolute atomic E-state index is 5.47. The molecule has 2 rings (SSSR count). The average molecular weight is 429 g/mol. The van der Waals surface area contributed by atoms with Gasteiger partial charge in [-0.2, -0.15) is 0 Å². The van der Waals surface area contributed by atoms with Gasteiger partial charge in [-0.25, -0.2) is 0 Å². The van der Waals surface area contributed by atoms with Gasteiger partial charge in [0, 0.05) is 13.1 Å². The molecule has 0 aliphatic carbocycles. The Kier molecular flexibility index (Phi) is 9.97. The van der Waals surface area contributed by atoms with Crippen LogP contribution in [0.1, 0.15) is 24.1 Å². The van der Waals surface area contributed by atoms with E-state index in [0.717, 1.165) is 48.3 Å². The van der Waals surface area contributed by atoms with Crippen molar-refractivity contribution in [2.45, 2.75) is 19.4 Å². The summed E-state index contributed by atoms with van der Waals surface area (Å²) >= 11 is 0. The van der Waals surface area contributed by atoms with Crippen LogP contribution < -0.4 is 24.8 Å². The minimum Gasteiger partial charge on any atom is -0.497 e. The van der Waals surface area contributed by atoms with E-state index in [1.807, 2.05) is 24.3 Å². The second-order valence-corrected chi connectivity index (χ2v) is 7.34. The molecular weight excluding hydrogens is 392 g/mol. The second-order valence-electron chi connectivity index (χ2n) is 7.34. The molecule has 31 heavy (non-hydrogen) atoms. The van der Waals surface area contributed by atoms with Gasteiger partial charge in [0.25, 0.3) is 0 Å². The summed E-state index contributed by atoms with van der Waals surface area (Å²) in [5.74, 6) is 3.13. The standard InChI is InChI=1S/C24H36N4O3/c1-7-25-24(26-15-14-18-8-11-20(29-4)12-9-18)27-17-21(28(2)3)19-10-13-22(30-5)23(16-19)31-6/h8-13,16,21H,7,14-15,17H2,1-6H3,(H2,25,26,27). The lowest BCUT2D eigenvalue weighted by Crippen LogP contribution is -2.39. The maximum Gasteiger partial charge on any atom is 0.191 e. The van der Waals surface area contributed by atoms with Gasteiger partial charge in [0.1, 0.15) is 5.75 Å². The summed E-state index contributed by atoms with van der Waals surface area (Å²) < 4.78 is 16.0. The first-order valence-corrected chi connectivity index (χ1v) is 10.6. The predicted octanol–water partition coefficient (Wildman–Crippen LogP) is 3.11. The summed E-state index contributed by atoms with van der Waals surface area (Å²) in [4.78, 5) is 6.99. The fourth-order valence-electron chi connectivity index (χ4n) is 3.26. The van der Waals surface area contributed by atoms with Gasteiger partial charge in [0.05, 0.1) is 33.9 Å². The first kappa shape index (κ1) is 24.3. The van der Waals surface area contributed by atoms with Crippen molar-refractivity contribution in [1.82, 2.24) is 15.5 Å². The topological polar surface area (TPSA) is 67.4 Å². The van der Waals surface area contributed by atoms with Crippen molar-refractivity contribution in [2.75, 3.05) is 55.1 Å². The SMILES string of the molecule is CCNC(=NCC(c1ccc(OC)c(OC)c1)N(C)C)NCCc1ccc(OC)cc1. The molecule has 2 aromatic carbocycles. The van der Waals surface area contributed by atoms with Gasteiger partial charge in [0.15, 0.2) is 17.5 Å². The van der Waals surface area contributed by atoms with Crippen LogP contribution in [0.4, 0.5) is 0 Å². The third kappa shape index (κ3) is 7.36. The van der Waals surface area contributed by atoms with Crippen LogP contribution >= 0.6 is 0 Å². The number of nitrogens with one attached hydrogen (secondary N) is 2. The zero-order chi connectivity index (χ0) is 22.6. The van der Waals surface area contributed by atoms with Crippen LogP contribution in [0.3, 0.4) is 0 Å². The van der Waals surface area contributed by atoms with Gasteiger partial charge >= 0.3 is 0 Å². The molecule has 0 bridgehead atoms. The molecule has 170 valence electrons. The van der Waals surface area contributed by atoms with Crippen molar-refractivity contribution in [1.29, 1.82) is 0 Å². The summed E-state index contributed by atoms with van der Waals surface area (Å²) in [6.07, 6.45) is 0.904. The lowest BCUT2D eigenvalue weighted by atomic mass is 10.1. The number of hydrogen-bond acceptors (Lipinski definition) is 5. The van der Waals surface area contributed by atoms with Gasteiger partial charge in [0.2, 0.25) is 0 Å². The van der Waals surface area contributed by atoms with E-state index in [4.69, 9.17) is 19.2 Å². The molecule has 1 atom stereocenters. The van der Waals surface area contributed by atoms with Crippen LogP contribution in [-0.4, -0.2) is 65.9 Å². The van der Waals surface area contributed by atoms with E-state index in [0.29, 0.717) is 6.54 Å². The number of hydrogen-bond donors (Lipinski definition) is 2. The average Bonchev–Trinajstić information content (AvgIpc) is 2.79. The van der Waals surface area contributed by atoms with E-state index in [-0.39, 0.29) is 6.04 Å². The van der Waals surface area contributed by atoms with Gasteiger partial charge in [-0.15, -0.1) is 0 Å². The first-order valence-electron chi connectivity index (χ1n) is 10.6. The summed E-state index contributed by atoms with van der Waals surface area (Å²) in [6.45, 7) is 4.28. The smallest absolute Gasteiger partial charge is 0.191 e. The largest absolute Gasteiger partial charge is 0.497 e. The molecule has 7 nitrogen and oxygen atoms in total. The zero-order valence-electron chi connectivity index (χ0n) is 19.6. The molecule has 2 aromatic rings. The highest BCUT2D eigenvalue weighted by atomic mass is 16.5. The van der Waals surface area contributed by atoms with Gasteiger partial charge in [-0.1, -0.05) is 18.2 Å². The van der Waals surface area contributed by atoms with Crippen molar-refractivity contribution in [3.8, 4) is 17.2 Å². The van der Waals surface area contributed by atoms with E-state index in [1.165, 1.54) is 5.56 Å². The monoisotopic (exact) mass is 428 g/mol. The molecule has 0 saturated heterocycles. The van der Waals surface area contributed by atoms with E-state index >= 15 is 0 Å². The van der Waals surface area contributed by atoms with Crippen molar-refractivity contribution in [2.24, 2.45) is 4.99 Å². The van der Waals surface area contributed by atoms with Crippen molar-refractivity contribution >= 4 is 5.96 Å². The fourth-order valence-corrected chi connectivity index (χ4v) is 3.26. The van der Waals surface area contributed by atoms with Gasteiger partial charge < -0.3 is 29.7 Å². The number of benzene rings is 2. The second kappa shape index (κ2) is 12.7. The van der Waals surface area contributed by atoms with Crippen LogP contribution in [0.25, 0.3) is 0 Å². The van der Waals surface area contributed by atoms with E-state index in [9.17, 15) is 0 Å². The van der Waals surface area contributed by atoms with E-state index in [1.54, 1.807) is 21.3 Å². The van der Waals surface area contributed by atoms with E-state index in [2.05, 4.69) is 54.8 Å². The molecule has 0 aliphatic heterocycles. The Morgan fingerprint density at radius 3 is 2.23 bits per heavy atom. The quantitative estimate of drug-likeness (QED) is 0.423. The summed E-state index contributed by atoms with van der Waals surface area (Å²) in [5.41, 5.74) is 2.38. The van der Waals surface area contributed by atoms with Gasteiger partial charge in [-0.05, 0) is 62.8 Å². The number of ether oxygens (including phenoxy) is 3. The van der Waals surface area contributed by atoms with Crippen molar-refractivity contribution in [3.05, 3.63) is 53.6 Å². The molecular formula is C24H36N4O3. The Labute approximate surface area is 186 Å². The Morgan fingerprint density at radius 1 is 0.935 bits per heavy atom. The van der Waals surface area contributed by atoms with Crippen LogP contribution in [-0.2, 0) is 6.42 Å². The molecule has 0 fully saturated rings. The number of rotatable bonds is 11. The molecule has 0 saturated carbocycles. The minimum atomic E-state index is 0.108. The third-order valence-corrected chi connectivity index (χ3v) is 5.05. The predicted molar refractivity (Wildman–Crippen MR) is 127 cm³/mol. The first-order chi connectivity index (χ1) is 15.0. The molecule has 0 aromatic heterocycles. The Bertz CT molecular complexity index is 822. The number of likely N-dealkylation sites (N-methyl/N-ethyl adjacent to an activating group) is 1. The highest BCUT2D eigenvalue weighted by Gasteiger charge is 2.16. The molecule has 0 radical (unpaired) electrons. The Hall–Kier alpha value is -2.93. The van der Waals surface area contributed by atoms with E-state index < -0.39 is 0 Å². The highest BCUT2D eigenvalue weighted by Crippen LogP contribution is 2.31. The number of aliphatic imine (C=N–C) groups is 1. The zero-order valence-corrected chi connectivity index (χ0v) is 19.6. The molecule has 7 heteroatoms. The summed E-state index contributed by atoms with van der Waals surface area (Å²) in [5, 5.41) is 6.76. The molecule has 0 aliphatic rings. The molecule has 0 amide bonds. The highest BCUT2D eigenvalue weighted by molar-refractivity contribution is 5.79. The summed E-state index contributed by atoms with van der Waals surface area (Å²) in [6, 6.07) is 14.3. The maximum atomic E-state index is 5.47. The number of guanidine groups is 1. The lowest BCUT2D eigenvalue weighted by Gasteiger charge is -2.24. The minimum absolute atomic E-state index is 0.108. The van der Waals surface area contributed by atoms with Crippen LogP contribution in [0.15, 0.2) is 47.5 Å². The fraction of sp³-hybridized carbons (Fsp3) is 0.458. The number of methoxy groups -OCH3 is 3. The van der Waals surface area contributed by atoms with Crippen LogP contribution in [0.5, 0.6) is 17.2 Å². The summed E-state index contributed by atoms with van der Waals surface area (Å²) in [7, 11) is 9.09.